The second-order valence-corrected chi connectivity index (χ2v) is 6.83. The quantitative estimate of drug-likeness (QED) is 0.481. The molecule has 1 aliphatic heterocycles. The van der Waals surface area contributed by atoms with E-state index in [2.05, 4.69) is 47.8 Å². The first kappa shape index (κ1) is 17.4. The molecule has 0 bridgehead atoms. The number of nitrogens with one attached hydrogen (secondary N) is 3. The molecule has 1 fully saturated rings. The Morgan fingerprint density at radius 1 is 0.931 bits per heavy atom. The van der Waals surface area contributed by atoms with Crippen molar-refractivity contribution in [2.45, 2.75) is 0 Å². The number of morpholine rings is 1. The van der Waals surface area contributed by atoms with Crippen molar-refractivity contribution >= 4 is 39.7 Å². The highest BCUT2D eigenvalue weighted by atomic mass is 16.5. The van der Waals surface area contributed by atoms with Crippen LogP contribution in [0.25, 0.3) is 10.9 Å². The van der Waals surface area contributed by atoms with E-state index in [-0.39, 0.29) is 0 Å². The lowest BCUT2D eigenvalue weighted by Gasteiger charge is -2.28. The minimum Gasteiger partial charge on any atom is -0.378 e. The number of benzene rings is 2. The first-order valence-corrected chi connectivity index (χ1v) is 9.56. The number of H-pyrrole nitrogens is 1. The van der Waals surface area contributed by atoms with E-state index in [1.807, 2.05) is 36.4 Å². The Kier molecular flexibility index (Phi) is 4.67. The zero-order valence-electron chi connectivity index (χ0n) is 15.8. The van der Waals surface area contributed by atoms with Gasteiger partial charge in [-0.1, -0.05) is 0 Å². The summed E-state index contributed by atoms with van der Waals surface area (Å²) in [4.78, 5) is 11.2. The predicted molar refractivity (Wildman–Crippen MR) is 114 cm³/mol. The van der Waals surface area contributed by atoms with E-state index in [9.17, 15) is 0 Å². The summed E-state index contributed by atoms with van der Waals surface area (Å²) in [5.74, 6) is 1.25. The van der Waals surface area contributed by atoms with E-state index < -0.39 is 0 Å². The molecule has 0 radical (unpaired) electrons. The van der Waals surface area contributed by atoms with Gasteiger partial charge in [-0.05, 0) is 48.5 Å². The van der Waals surface area contributed by atoms with Crippen molar-refractivity contribution in [3.05, 3.63) is 60.9 Å². The second kappa shape index (κ2) is 7.76. The lowest BCUT2D eigenvalue weighted by Crippen LogP contribution is -2.36. The molecule has 2 aromatic carbocycles. The highest BCUT2D eigenvalue weighted by Crippen LogP contribution is 2.23. The molecule has 29 heavy (non-hydrogen) atoms. The molecule has 0 saturated carbocycles. The van der Waals surface area contributed by atoms with Crippen LogP contribution in [0.1, 0.15) is 0 Å². The molecule has 0 unspecified atom stereocenters. The van der Waals surface area contributed by atoms with E-state index in [1.54, 1.807) is 12.4 Å². The summed E-state index contributed by atoms with van der Waals surface area (Å²) in [6, 6.07) is 16.1. The fraction of sp³-hybridized carbons (Fsp3) is 0.190. The summed E-state index contributed by atoms with van der Waals surface area (Å²) in [6.07, 6.45) is 3.53. The highest BCUT2D eigenvalue weighted by molar-refractivity contribution is 5.82. The van der Waals surface area contributed by atoms with Crippen molar-refractivity contribution in [2.75, 3.05) is 41.8 Å². The van der Waals surface area contributed by atoms with Gasteiger partial charge in [0.25, 0.3) is 0 Å². The molecule has 0 aliphatic carbocycles. The smallest absolute Gasteiger partial charge is 0.229 e. The molecule has 8 nitrogen and oxygen atoms in total. The van der Waals surface area contributed by atoms with Crippen LogP contribution in [0.3, 0.4) is 0 Å². The Hall–Kier alpha value is -3.65. The summed E-state index contributed by atoms with van der Waals surface area (Å²) < 4.78 is 5.41. The van der Waals surface area contributed by atoms with Crippen LogP contribution in [0.5, 0.6) is 0 Å². The van der Waals surface area contributed by atoms with Crippen LogP contribution in [-0.4, -0.2) is 46.5 Å². The number of hydrogen-bond acceptors (Lipinski definition) is 7. The molecule has 146 valence electrons. The van der Waals surface area contributed by atoms with Crippen LogP contribution in [-0.2, 0) is 4.74 Å². The van der Waals surface area contributed by atoms with Gasteiger partial charge in [-0.15, -0.1) is 0 Å². The predicted octanol–water partition coefficient (Wildman–Crippen LogP) is 3.68. The van der Waals surface area contributed by atoms with Crippen LogP contribution < -0.4 is 15.5 Å². The average Bonchev–Trinajstić information content (AvgIpc) is 3.23. The molecule has 0 atom stereocenters. The Bertz CT molecular complexity index is 1100. The molecule has 2 aromatic heterocycles. The van der Waals surface area contributed by atoms with E-state index in [0.29, 0.717) is 11.8 Å². The third-order valence-corrected chi connectivity index (χ3v) is 4.87. The molecule has 3 heterocycles. The third kappa shape index (κ3) is 3.97. The SMILES string of the molecule is c1cc(Nc2ccc3cn[nH]c3c2)nc(Nc2ccc(N3CCOCC3)cc2)n1. The first-order chi connectivity index (χ1) is 14.3. The first-order valence-electron chi connectivity index (χ1n) is 9.56. The van der Waals surface area contributed by atoms with E-state index >= 15 is 0 Å². The maximum atomic E-state index is 5.41. The van der Waals surface area contributed by atoms with Crippen LogP contribution in [0, 0.1) is 0 Å². The molecule has 8 heteroatoms. The van der Waals surface area contributed by atoms with Crippen molar-refractivity contribution in [2.24, 2.45) is 0 Å². The van der Waals surface area contributed by atoms with Gasteiger partial charge in [0.1, 0.15) is 5.82 Å². The maximum absolute atomic E-state index is 5.41. The zero-order chi connectivity index (χ0) is 19.5. The molecule has 4 aromatic rings. The van der Waals surface area contributed by atoms with Gasteiger partial charge in [-0.3, -0.25) is 5.10 Å². The molecule has 0 amide bonds. The monoisotopic (exact) mass is 387 g/mol. The van der Waals surface area contributed by atoms with Crippen molar-refractivity contribution < 1.29 is 4.74 Å². The molecule has 1 aliphatic rings. The fourth-order valence-electron chi connectivity index (χ4n) is 3.36. The van der Waals surface area contributed by atoms with Crippen LogP contribution >= 0.6 is 0 Å². The van der Waals surface area contributed by atoms with Crippen LogP contribution in [0.2, 0.25) is 0 Å². The van der Waals surface area contributed by atoms with Crippen molar-refractivity contribution in [1.82, 2.24) is 20.2 Å². The molecule has 5 rings (SSSR count). The van der Waals surface area contributed by atoms with Gasteiger partial charge in [0, 0.05) is 41.7 Å². The van der Waals surface area contributed by atoms with E-state index in [1.165, 1.54) is 5.69 Å². The number of rotatable bonds is 5. The Morgan fingerprint density at radius 3 is 2.62 bits per heavy atom. The lowest BCUT2D eigenvalue weighted by atomic mass is 10.2. The molecular formula is C21H21N7O. The third-order valence-electron chi connectivity index (χ3n) is 4.87. The number of ether oxygens (including phenoxy) is 1. The summed E-state index contributed by atoms with van der Waals surface area (Å²) >= 11 is 0. The van der Waals surface area contributed by atoms with E-state index in [4.69, 9.17) is 4.74 Å². The Morgan fingerprint density at radius 2 is 1.76 bits per heavy atom. The number of aromatic nitrogens is 4. The highest BCUT2D eigenvalue weighted by Gasteiger charge is 2.11. The summed E-state index contributed by atoms with van der Waals surface area (Å²) in [6.45, 7) is 3.41. The average molecular weight is 387 g/mol. The van der Waals surface area contributed by atoms with Crippen LogP contribution in [0.4, 0.5) is 28.8 Å². The molecule has 3 N–H and O–H groups in total. The van der Waals surface area contributed by atoms with Crippen molar-refractivity contribution in [3.63, 3.8) is 0 Å². The van der Waals surface area contributed by atoms with Gasteiger partial charge in [-0.2, -0.15) is 10.1 Å². The molecule has 1 saturated heterocycles. The summed E-state index contributed by atoms with van der Waals surface area (Å²) in [5.41, 5.74) is 4.05. The van der Waals surface area contributed by atoms with Gasteiger partial charge >= 0.3 is 0 Å². The van der Waals surface area contributed by atoms with Gasteiger partial charge in [0.05, 0.1) is 24.9 Å². The Labute approximate surface area is 167 Å². The summed E-state index contributed by atoms with van der Waals surface area (Å²) in [5, 5.41) is 14.7. The number of hydrogen-bond donors (Lipinski definition) is 3. The number of anilines is 5. The van der Waals surface area contributed by atoms with Crippen molar-refractivity contribution in [1.29, 1.82) is 0 Å². The number of aromatic amines is 1. The normalized spacial score (nSPS) is 14.1. The second-order valence-electron chi connectivity index (χ2n) is 6.83. The number of fused-ring (bicyclic) bond motifs is 1. The summed E-state index contributed by atoms with van der Waals surface area (Å²) in [7, 11) is 0. The topological polar surface area (TPSA) is 91.0 Å². The largest absolute Gasteiger partial charge is 0.378 e. The van der Waals surface area contributed by atoms with Gasteiger partial charge in [-0.25, -0.2) is 4.98 Å². The molecule has 0 spiro atoms. The van der Waals surface area contributed by atoms with Gasteiger partial charge in [0.15, 0.2) is 0 Å². The van der Waals surface area contributed by atoms with E-state index in [0.717, 1.165) is 48.6 Å². The number of nitrogens with zero attached hydrogens (tertiary/aromatic N) is 4. The van der Waals surface area contributed by atoms with Crippen LogP contribution in [0.15, 0.2) is 60.9 Å². The minimum atomic E-state index is 0.539. The van der Waals surface area contributed by atoms with Gasteiger partial charge < -0.3 is 20.3 Å². The van der Waals surface area contributed by atoms with Crippen molar-refractivity contribution in [3.8, 4) is 0 Å². The molecular weight excluding hydrogens is 366 g/mol. The lowest BCUT2D eigenvalue weighted by molar-refractivity contribution is 0.122. The standard InChI is InChI=1S/C21H21N7O/c1-2-17(13-19-15(1)14-23-27-19)24-20-7-8-22-21(26-20)25-16-3-5-18(6-4-16)28-9-11-29-12-10-28/h1-8,13-14H,9-12H2,(H,23,27)(H2,22,24,25,26). The Balaban J connectivity index is 1.28. The minimum absolute atomic E-state index is 0.539. The zero-order valence-corrected chi connectivity index (χ0v) is 15.8. The van der Waals surface area contributed by atoms with Gasteiger partial charge in [0.2, 0.25) is 5.95 Å². The maximum Gasteiger partial charge on any atom is 0.229 e. The fourth-order valence-corrected chi connectivity index (χ4v) is 3.36.